The van der Waals surface area contributed by atoms with E-state index in [0.717, 1.165) is 21.7 Å². The van der Waals surface area contributed by atoms with Crippen molar-refractivity contribution in [2.24, 2.45) is 0 Å². The van der Waals surface area contributed by atoms with Crippen molar-refractivity contribution in [2.75, 3.05) is 5.32 Å². The fourth-order valence-electron chi connectivity index (χ4n) is 1.74. The number of halogens is 1. The first-order valence-electron chi connectivity index (χ1n) is 5.65. The zero-order valence-electron chi connectivity index (χ0n) is 10.3. The third-order valence-electron chi connectivity index (χ3n) is 2.73. The molecule has 0 spiro atoms. The van der Waals surface area contributed by atoms with Crippen LogP contribution in [0.25, 0.3) is 0 Å². The summed E-state index contributed by atoms with van der Waals surface area (Å²) < 4.78 is 6.73. The summed E-state index contributed by atoms with van der Waals surface area (Å²) >= 11 is 3.50. The minimum Gasteiger partial charge on any atom is -0.464 e. The van der Waals surface area contributed by atoms with Crippen molar-refractivity contribution < 1.29 is 4.42 Å². The first-order valence-corrected chi connectivity index (χ1v) is 6.44. The molecule has 1 unspecified atom stereocenters. The van der Waals surface area contributed by atoms with Gasteiger partial charge in [-0.2, -0.15) is 0 Å². The van der Waals surface area contributed by atoms with Crippen molar-refractivity contribution in [3.05, 3.63) is 51.9 Å². The number of nitrogens with one attached hydrogen (secondary N) is 1. The summed E-state index contributed by atoms with van der Waals surface area (Å²) in [6, 6.07) is 10.4. The number of anilines is 1. The quantitative estimate of drug-likeness (QED) is 0.877. The average Bonchev–Trinajstić information content (AvgIpc) is 2.70. The monoisotopic (exact) mass is 293 g/mol. The van der Waals surface area contributed by atoms with Crippen LogP contribution < -0.4 is 5.32 Å². The molecule has 0 amide bonds. The Hall–Kier alpha value is -1.22. The van der Waals surface area contributed by atoms with E-state index in [9.17, 15) is 0 Å². The van der Waals surface area contributed by atoms with Crippen LogP contribution in [0.5, 0.6) is 0 Å². The molecular weight excluding hydrogens is 278 g/mol. The third-order valence-corrected chi connectivity index (χ3v) is 3.62. The van der Waals surface area contributed by atoms with Gasteiger partial charge in [0.2, 0.25) is 0 Å². The maximum atomic E-state index is 5.60. The number of aryl methyl sites for hydroxylation is 2. The molecule has 0 bridgehead atoms. The zero-order chi connectivity index (χ0) is 12.4. The van der Waals surface area contributed by atoms with Crippen molar-refractivity contribution in [1.29, 1.82) is 0 Å². The van der Waals surface area contributed by atoms with Crippen LogP contribution in [0.3, 0.4) is 0 Å². The molecule has 0 aliphatic heterocycles. The fraction of sp³-hybridized carbons (Fsp3) is 0.286. The predicted molar refractivity (Wildman–Crippen MR) is 74.4 cm³/mol. The van der Waals surface area contributed by atoms with Crippen molar-refractivity contribution in [3.63, 3.8) is 0 Å². The molecule has 1 atom stereocenters. The van der Waals surface area contributed by atoms with Gasteiger partial charge >= 0.3 is 0 Å². The van der Waals surface area contributed by atoms with Crippen LogP contribution in [0.15, 0.2) is 39.2 Å². The van der Waals surface area contributed by atoms with Gasteiger partial charge in [-0.1, -0.05) is 15.9 Å². The molecule has 2 rings (SSSR count). The molecule has 0 fully saturated rings. The number of hydrogen-bond donors (Lipinski definition) is 1. The molecular formula is C14H16BrNO. The maximum absolute atomic E-state index is 5.60. The zero-order valence-corrected chi connectivity index (χ0v) is 11.8. The first-order chi connectivity index (χ1) is 8.06. The second-order valence-electron chi connectivity index (χ2n) is 4.28. The van der Waals surface area contributed by atoms with E-state index in [-0.39, 0.29) is 6.04 Å². The van der Waals surface area contributed by atoms with Crippen molar-refractivity contribution in [2.45, 2.75) is 26.8 Å². The number of rotatable bonds is 3. The van der Waals surface area contributed by atoms with Crippen molar-refractivity contribution in [1.82, 2.24) is 0 Å². The van der Waals surface area contributed by atoms with Gasteiger partial charge in [-0.3, -0.25) is 0 Å². The Kier molecular flexibility index (Phi) is 3.57. The summed E-state index contributed by atoms with van der Waals surface area (Å²) in [6.45, 7) is 6.13. The Balaban J connectivity index is 2.12. The molecule has 1 N–H and O–H groups in total. The lowest BCUT2D eigenvalue weighted by Crippen LogP contribution is -2.05. The highest BCUT2D eigenvalue weighted by molar-refractivity contribution is 9.10. The Morgan fingerprint density at radius 2 is 1.94 bits per heavy atom. The number of hydrogen-bond acceptors (Lipinski definition) is 2. The van der Waals surface area contributed by atoms with Crippen LogP contribution in [-0.2, 0) is 0 Å². The molecule has 2 aromatic rings. The van der Waals surface area contributed by atoms with Gasteiger partial charge in [-0.05, 0) is 56.7 Å². The molecule has 2 nitrogen and oxygen atoms in total. The maximum Gasteiger partial charge on any atom is 0.126 e. The summed E-state index contributed by atoms with van der Waals surface area (Å²) in [7, 11) is 0. The predicted octanol–water partition coefficient (Wildman–Crippen LogP) is 4.83. The minimum absolute atomic E-state index is 0.171. The molecule has 0 saturated carbocycles. The molecule has 1 aromatic carbocycles. The SMILES string of the molecule is Cc1ccc(C(C)Nc2ccc(Br)c(C)c2)o1. The van der Waals surface area contributed by atoms with Gasteiger partial charge in [-0.25, -0.2) is 0 Å². The molecule has 0 radical (unpaired) electrons. The smallest absolute Gasteiger partial charge is 0.126 e. The summed E-state index contributed by atoms with van der Waals surface area (Å²) in [5.41, 5.74) is 2.32. The number of benzene rings is 1. The molecule has 3 heteroatoms. The Bertz CT molecular complexity index is 519. The topological polar surface area (TPSA) is 25.2 Å². The minimum atomic E-state index is 0.171. The lowest BCUT2D eigenvalue weighted by Gasteiger charge is -2.13. The highest BCUT2D eigenvalue weighted by atomic mass is 79.9. The van der Waals surface area contributed by atoms with Crippen LogP contribution in [0.1, 0.15) is 30.0 Å². The van der Waals surface area contributed by atoms with E-state index in [0.29, 0.717) is 0 Å². The molecule has 0 aliphatic carbocycles. The fourth-order valence-corrected chi connectivity index (χ4v) is 1.99. The summed E-state index contributed by atoms with van der Waals surface area (Å²) in [5.74, 6) is 1.91. The normalized spacial score (nSPS) is 12.5. The second-order valence-corrected chi connectivity index (χ2v) is 5.13. The molecule has 1 aromatic heterocycles. The van der Waals surface area contributed by atoms with Crippen molar-refractivity contribution >= 4 is 21.6 Å². The van der Waals surface area contributed by atoms with Crippen LogP contribution in [0.4, 0.5) is 5.69 Å². The molecule has 17 heavy (non-hydrogen) atoms. The molecule has 0 aliphatic rings. The van der Waals surface area contributed by atoms with Gasteiger partial charge < -0.3 is 9.73 Å². The van der Waals surface area contributed by atoms with Gasteiger partial charge in [0.1, 0.15) is 11.5 Å². The van der Waals surface area contributed by atoms with E-state index < -0.39 is 0 Å². The molecule has 90 valence electrons. The lowest BCUT2D eigenvalue weighted by molar-refractivity contribution is 0.467. The molecule has 1 heterocycles. The first kappa shape index (κ1) is 12.2. The van der Waals surface area contributed by atoms with Gasteiger partial charge in [0.15, 0.2) is 0 Å². The van der Waals surface area contributed by atoms with E-state index in [1.807, 2.05) is 19.1 Å². The molecule has 0 saturated heterocycles. The van der Waals surface area contributed by atoms with Crippen LogP contribution in [0.2, 0.25) is 0 Å². The van der Waals surface area contributed by atoms with Gasteiger partial charge in [0.05, 0.1) is 6.04 Å². The second kappa shape index (κ2) is 4.96. The highest BCUT2D eigenvalue weighted by Crippen LogP contribution is 2.24. The highest BCUT2D eigenvalue weighted by Gasteiger charge is 2.09. The third kappa shape index (κ3) is 2.91. The Morgan fingerprint density at radius 3 is 2.53 bits per heavy atom. The summed E-state index contributed by atoms with van der Waals surface area (Å²) in [5, 5.41) is 3.42. The van der Waals surface area contributed by atoms with Crippen LogP contribution in [-0.4, -0.2) is 0 Å². The number of furan rings is 1. The summed E-state index contributed by atoms with van der Waals surface area (Å²) in [4.78, 5) is 0. The van der Waals surface area contributed by atoms with Crippen LogP contribution in [0, 0.1) is 13.8 Å². The largest absolute Gasteiger partial charge is 0.464 e. The van der Waals surface area contributed by atoms with E-state index >= 15 is 0 Å². The Labute approximate surface area is 110 Å². The van der Waals surface area contributed by atoms with Gasteiger partial charge in [-0.15, -0.1) is 0 Å². The standard InChI is InChI=1S/C14H16BrNO/c1-9-8-12(5-6-13(9)15)16-11(3)14-7-4-10(2)17-14/h4-8,11,16H,1-3H3. The Morgan fingerprint density at radius 1 is 1.18 bits per heavy atom. The average molecular weight is 294 g/mol. The van der Waals surface area contributed by atoms with E-state index in [1.54, 1.807) is 0 Å². The van der Waals surface area contributed by atoms with E-state index in [4.69, 9.17) is 4.42 Å². The van der Waals surface area contributed by atoms with Crippen molar-refractivity contribution in [3.8, 4) is 0 Å². The van der Waals surface area contributed by atoms with Gasteiger partial charge in [0.25, 0.3) is 0 Å². The summed E-state index contributed by atoms with van der Waals surface area (Å²) in [6.07, 6.45) is 0. The van der Waals surface area contributed by atoms with Gasteiger partial charge in [0, 0.05) is 10.2 Å². The van der Waals surface area contributed by atoms with Crippen LogP contribution >= 0.6 is 15.9 Å². The van der Waals surface area contributed by atoms with E-state index in [1.165, 1.54) is 5.56 Å². The van der Waals surface area contributed by atoms with E-state index in [2.05, 4.69) is 53.3 Å². The lowest BCUT2D eigenvalue weighted by atomic mass is 10.2.